The lowest BCUT2D eigenvalue weighted by atomic mass is 9.81. The van der Waals surface area contributed by atoms with Gasteiger partial charge >= 0.3 is 0 Å². The number of likely N-dealkylation sites (tertiary alicyclic amines) is 1. The number of halogens is 1. The molecule has 1 aromatic rings. The van der Waals surface area contributed by atoms with Gasteiger partial charge in [0.15, 0.2) is 0 Å². The van der Waals surface area contributed by atoms with Crippen molar-refractivity contribution in [3.05, 3.63) is 16.9 Å². The number of rotatable bonds is 5. The average molecular weight is 285 g/mol. The van der Waals surface area contributed by atoms with Gasteiger partial charge in [0, 0.05) is 12.6 Å². The molecule has 0 aliphatic carbocycles. The Morgan fingerprint density at radius 2 is 1.95 bits per heavy atom. The predicted molar refractivity (Wildman–Crippen MR) is 79.3 cm³/mol. The van der Waals surface area contributed by atoms with Gasteiger partial charge in [-0.05, 0) is 38.8 Å². The van der Waals surface area contributed by atoms with E-state index in [4.69, 9.17) is 17.3 Å². The first-order valence-corrected chi connectivity index (χ1v) is 7.62. The molecular weight excluding hydrogens is 260 g/mol. The fourth-order valence-electron chi connectivity index (χ4n) is 3.52. The molecule has 2 heterocycles. The van der Waals surface area contributed by atoms with Crippen molar-refractivity contribution in [2.75, 3.05) is 13.1 Å². The summed E-state index contributed by atoms with van der Waals surface area (Å²) in [6, 6.07) is -0.0967. The highest BCUT2D eigenvalue weighted by molar-refractivity contribution is 6.31. The van der Waals surface area contributed by atoms with Gasteiger partial charge in [0.25, 0.3) is 0 Å². The van der Waals surface area contributed by atoms with E-state index in [1.54, 1.807) is 6.20 Å². The van der Waals surface area contributed by atoms with Crippen LogP contribution in [-0.4, -0.2) is 33.3 Å². The van der Waals surface area contributed by atoms with Crippen LogP contribution in [0.25, 0.3) is 0 Å². The number of hydrogen-bond donors (Lipinski definition) is 1. The third-order valence-electron chi connectivity index (χ3n) is 4.77. The fraction of sp³-hybridized carbons (Fsp3) is 0.786. The van der Waals surface area contributed by atoms with Crippen LogP contribution >= 0.6 is 11.6 Å². The molecule has 0 bridgehead atoms. The van der Waals surface area contributed by atoms with E-state index in [9.17, 15) is 0 Å². The summed E-state index contributed by atoms with van der Waals surface area (Å²) in [5.74, 6) is 0. The van der Waals surface area contributed by atoms with Gasteiger partial charge in [0.1, 0.15) is 0 Å². The molecule has 0 saturated carbocycles. The van der Waals surface area contributed by atoms with Gasteiger partial charge in [-0.25, -0.2) is 0 Å². The summed E-state index contributed by atoms with van der Waals surface area (Å²) in [5.41, 5.74) is 7.58. The molecule has 0 radical (unpaired) electrons. The molecular formula is C14H25ClN4. The predicted octanol–water partition coefficient (Wildman–Crippen LogP) is 2.73. The van der Waals surface area contributed by atoms with Gasteiger partial charge in [0.2, 0.25) is 0 Å². The molecule has 1 fully saturated rings. The van der Waals surface area contributed by atoms with E-state index in [2.05, 4.69) is 23.8 Å². The third kappa shape index (κ3) is 2.41. The minimum Gasteiger partial charge on any atom is -0.321 e. The molecule has 1 aliphatic heterocycles. The van der Waals surface area contributed by atoms with Gasteiger partial charge in [0.05, 0.1) is 23.0 Å². The first-order valence-electron chi connectivity index (χ1n) is 7.24. The zero-order valence-electron chi connectivity index (χ0n) is 12.2. The minimum absolute atomic E-state index is 0.00602. The standard InChI is InChI=1S/C14H25ClN4/c1-4-14(5-2,19-8-6-7-9-19)13(16)12-11(15)10-17-18(12)3/h10,13H,4-9,16H2,1-3H3. The highest BCUT2D eigenvalue weighted by Crippen LogP contribution is 2.39. The average Bonchev–Trinajstić information content (AvgIpc) is 3.03. The normalized spacial score (nSPS) is 19.0. The van der Waals surface area contributed by atoms with Crippen molar-refractivity contribution in [3.63, 3.8) is 0 Å². The van der Waals surface area contributed by atoms with Crippen molar-refractivity contribution >= 4 is 11.6 Å². The lowest BCUT2D eigenvalue weighted by Gasteiger charge is -2.45. The maximum absolute atomic E-state index is 6.63. The Labute approximate surface area is 120 Å². The van der Waals surface area contributed by atoms with Crippen LogP contribution in [0.15, 0.2) is 6.20 Å². The Morgan fingerprint density at radius 1 is 1.37 bits per heavy atom. The van der Waals surface area contributed by atoms with Crippen LogP contribution in [-0.2, 0) is 7.05 Å². The van der Waals surface area contributed by atoms with Crippen LogP contribution in [0.1, 0.15) is 51.3 Å². The van der Waals surface area contributed by atoms with Gasteiger partial charge in [-0.15, -0.1) is 0 Å². The van der Waals surface area contributed by atoms with Crippen molar-refractivity contribution < 1.29 is 0 Å². The molecule has 1 atom stereocenters. The second-order valence-corrected chi connectivity index (χ2v) is 5.89. The van der Waals surface area contributed by atoms with E-state index in [0.29, 0.717) is 5.02 Å². The van der Waals surface area contributed by atoms with Crippen LogP contribution < -0.4 is 5.73 Å². The smallest absolute Gasteiger partial charge is 0.0834 e. The summed E-state index contributed by atoms with van der Waals surface area (Å²) in [7, 11) is 1.92. The van der Waals surface area contributed by atoms with Crippen LogP contribution in [0.3, 0.4) is 0 Å². The summed E-state index contributed by atoms with van der Waals surface area (Å²) in [4.78, 5) is 2.56. The molecule has 0 spiro atoms. The first-order chi connectivity index (χ1) is 9.06. The Bertz CT molecular complexity index is 400. The molecule has 1 unspecified atom stereocenters. The van der Waals surface area contributed by atoms with E-state index in [0.717, 1.165) is 31.6 Å². The summed E-state index contributed by atoms with van der Waals surface area (Å²) in [6.45, 7) is 6.74. The number of nitrogens with zero attached hydrogens (tertiary/aromatic N) is 3. The molecule has 2 rings (SSSR count). The van der Waals surface area contributed by atoms with Crippen LogP contribution in [0.5, 0.6) is 0 Å². The molecule has 0 aromatic carbocycles. The van der Waals surface area contributed by atoms with Crippen molar-refractivity contribution in [2.45, 2.75) is 51.1 Å². The topological polar surface area (TPSA) is 47.1 Å². The van der Waals surface area contributed by atoms with Crippen LogP contribution in [0.2, 0.25) is 5.02 Å². The fourth-order valence-corrected chi connectivity index (χ4v) is 3.80. The number of nitrogens with two attached hydrogens (primary N) is 1. The van der Waals surface area contributed by atoms with Crippen LogP contribution in [0, 0.1) is 0 Å². The zero-order valence-corrected chi connectivity index (χ0v) is 13.0. The van der Waals surface area contributed by atoms with Crippen molar-refractivity contribution in [1.82, 2.24) is 14.7 Å². The SMILES string of the molecule is CCC(CC)(C(N)c1c(Cl)cnn1C)N1CCCC1. The Kier molecular flexibility index (Phi) is 4.54. The van der Waals surface area contributed by atoms with Gasteiger partial charge in [-0.3, -0.25) is 9.58 Å². The molecule has 4 nitrogen and oxygen atoms in total. The van der Waals surface area contributed by atoms with Crippen LogP contribution in [0.4, 0.5) is 0 Å². The highest BCUT2D eigenvalue weighted by atomic mass is 35.5. The van der Waals surface area contributed by atoms with Crippen molar-refractivity contribution in [3.8, 4) is 0 Å². The highest BCUT2D eigenvalue weighted by Gasteiger charge is 2.42. The van der Waals surface area contributed by atoms with E-state index in [1.807, 2.05) is 11.7 Å². The molecule has 5 heteroatoms. The third-order valence-corrected chi connectivity index (χ3v) is 5.06. The maximum atomic E-state index is 6.63. The van der Waals surface area contributed by atoms with Gasteiger partial charge < -0.3 is 5.73 Å². The van der Waals surface area contributed by atoms with E-state index in [1.165, 1.54) is 12.8 Å². The zero-order chi connectivity index (χ0) is 14.0. The number of aryl methyl sites for hydroxylation is 1. The van der Waals surface area contributed by atoms with Gasteiger partial charge in [-0.2, -0.15) is 5.10 Å². The van der Waals surface area contributed by atoms with Crippen molar-refractivity contribution in [1.29, 1.82) is 0 Å². The summed E-state index contributed by atoms with van der Waals surface area (Å²) in [6.07, 6.45) is 6.30. The summed E-state index contributed by atoms with van der Waals surface area (Å²) in [5, 5.41) is 4.91. The lowest BCUT2D eigenvalue weighted by Crippen LogP contribution is -2.54. The molecule has 0 amide bonds. The second kappa shape index (κ2) is 5.81. The van der Waals surface area contributed by atoms with E-state index < -0.39 is 0 Å². The Morgan fingerprint density at radius 3 is 2.37 bits per heavy atom. The summed E-state index contributed by atoms with van der Waals surface area (Å²) >= 11 is 6.28. The Balaban J connectivity index is 2.38. The van der Waals surface area contributed by atoms with Crippen molar-refractivity contribution in [2.24, 2.45) is 12.8 Å². The molecule has 1 saturated heterocycles. The second-order valence-electron chi connectivity index (χ2n) is 5.48. The largest absolute Gasteiger partial charge is 0.321 e. The number of hydrogen-bond acceptors (Lipinski definition) is 3. The van der Waals surface area contributed by atoms with E-state index >= 15 is 0 Å². The summed E-state index contributed by atoms with van der Waals surface area (Å²) < 4.78 is 1.82. The lowest BCUT2D eigenvalue weighted by molar-refractivity contribution is 0.0739. The Hall–Kier alpha value is -0.580. The molecule has 2 N–H and O–H groups in total. The monoisotopic (exact) mass is 284 g/mol. The van der Waals surface area contributed by atoms with Gasteiger partial charge in [-0.1, -0.05) is 25.4 Å². The quantitative estimate of drug-likeness (QED) is 0.904. The molecule has 1 aromatic heterocycles. The van der Waals surface area contributed by atoms with E-state index in [-0.39, 0.29) is 11.6 Å². The molecule has 108 valence electrons. The number of aromatic nitrogens is 2. The first kappa shape index (κ1) is 14.8. The minimum atomic E-state index is -0.0967. The molecule has 19 heavy (non-hydrogen) atoms. The maximum Gasteiger partial charge on any atom is 0.0834 e. The molecule has 1 aliphatic rings.